The minimum atomic E-state index is -0.523. The van der Waals surface area contributed by atoms with E-state index in [2.05, 4.69) is 5.32 Å². The summed E-state index contributed by atoms with van der Waals surface area (Å²) in [6.07, 6.45) is -0.523. The molecular weight excluding hydrogens is 194 g/mol. The lowest BCUT2D eigenvalue weighted by atomic mass is 10.1. The second kappa shape index (κ2) is 4.98. The quantitative estimate of drug-likeness (QED) is 0.789. The van der Waals surface area contributed by atoms with Crippen LogP contribution in [0.4, 0.5) is 0 Å². The lowest BCUT2D eigenvalue weighted by Gasteiger charge is -2.14. The van der Waals surface area contributed by atoms with E-state index in [1.807, 2.05) is 13.8 Å². The zero-order chi connectivity index (χ0) is 11.4. The summed E-state index contributed by atoms with van der Waals surface area (Å²) >= 11 is 0. The van der Waals surface area contributed by atoms with Crippen molar-refractivity contribution in [1.29, 1.82) is 0 Å². The van der Waals surface area contributed by atoms with Gasteiger partial charge in [-0.3, -0.25) is 4.79 Å². The summed E-state index contributed by atoms with van der Waals surface area (Å²) in [7, 11) is 0. The van der Waals surface area contributed by atoms with Crippen LogP contribution in [0.3, 0.4) is 0 Å². The van der Waals surface area contributed by atoms with E-state index in [0.29, 0.717) is 5.76 Å². The van der Waals surface area contributed by atoms with Gasteiger partial charge in [-0.05, 0) is 25.0 Å². The molecule has 84 valence electrons. The van der Waals surface area contributed by atoms with Gasteiger partial charge in [0, 0.05) is 6.54 Å². The molecule has 1 aromatic rings. The van der Waals surface area contributed by atoms with Gasteiger partial charge in [-0.1, -0.05) is 13.8 Å². The van der Waals surface area contributed by atoms with Gasteiger partial charge < -0.3 is 14.8 Å². The number of nitrogens with one attached hydrogen (secondary N) is 1. The summed E-state index contributed by atoms with van der Waals surface area (Å²) in [6, 6.07) is 3.35. The highest BCUT2D eigenvalue weighted by Crippen LogP contribution is 2.06. The highest BCUT2D eigenvalue weighted by Gasteiger charge is 2.13. The van der Waals surface area contributed by atoms with Crippen molar-refractivity contribution < 1.29 is 14.3 Å². The van der Waals surface area contributed by atoms with Gasteiger partial charge in [-0.25, -0.2) is 0 Å². The van der Waals surface area contributed by atoms with E-state index in [0.717, 1.165) is 0 Å². The molecule has 0 spiro atoms. The minimum absolute atomic E-state index is 0.128. The first-order valence-electron chi connectivity index (χ1n) is 5.03. The standard InChI is InChI=1S/C11H17NO3/c1-7(2)9(13)6-12-11(14)10-5-4-8(3)15-10/h4-5,7,9,13H,6H2,1-3H3,(H,12,14). The zero-order valence-electron chi connectivity index (χ0n) is 9.28. The minimum Gasteiger partial charge on any atom is -0.456 e. The Morgan fingerprint density at radius 2 is 2.20 bits per heavy atom. The van der Waals surface area contributed by atoms with Gasteiger partial charge in [0.2, 0.25) is 0 Å². The Balaban J connectivity index is 2.43. The Labute approximate surface area is 89.3 Å². The Morgan fingerprint density at radius 1 is 1.53 bits per heavy atom. The lowest BCUT2D eigenvalue weighted by molar-refractivity contribution is 0.0846. The van der Waals surface area contributed by atoms with Gasteiger partial charge in [-0.2, -0.15) is 0 Å². The maximum absolute atomic E-state index is 11.5. The van der Waals surface area contributed by atoms with Crippen LogP contribution < -0.4 is 5.32 Å². The molecule has 4 nitrogen and oxygen atoms in total. The van der Waals surface area contributed by atoms with Crippen molar-refractivity contribution in [2.24, 2.45) is 5.92 Å². The van der Waals surface area contributed by atoms with Crippen LogP contribution in [0.25, 0.3) is 0 Å². The van der Waals surface area contributed by atoms with Gasteiger partial charge in [0.25, 0.3) is 5.91 Å². The Hall–Kier alpha value is -1.29. The van der Waals surface area contributed by atoms with Crippen molar-refractivity contribution >= 4 is 5.91 Å². The molecular formula is C11H17NO3. The van der Waals surface area contributed by atoms with Crippen molar-refractivity contribution in [3.8, 4) is 0 Å². The molecule has 0 radical (unpaired) electrons. The van der Waals surface area contributed by atoms with E-state index in [1.165, 1.54) is 0 Å². The van der Waals surface area contributed by atoms with Crippen LogP contribution in [-0.2, 0) is 0 Å². The van der Waals surface area contributed by atoms with Crippen LogP contribution in [0.5, 0.6) is 0 Å². The molecule has 0 saturated carbocycles. The summed E-state index contributed by atoms with van der Waals surface area (Å²) < 4.78 is 5.14. The second-order valence-electron chi connectivity index (χ2n) is 3.93. The zero-order valence-corrected chi connectivity index (χ0v) is 9.28. The van der Waals surface area contributed by atoms with E-state index in [-0.39, 0.29) is 24.1 Å². The van der Waals surface area contributed by atoms with E-state index >= 15 is 0 Å². The maximum atomic E-state index is 11.5. The molecule has 1 amide bonds. The van der Waals surface area contributed by atoms with Gasteiger partial charge in [0.15, 0.2) is 5.76 Å². The second-order valence-corrected chi connectivity index (χ2v) is 3.93. The molecule has 0 saturated heterocycles. The summed E-state index contributed by atoms with van der Waals surface area (Å²) in [4.78, 5) is 11.5. The van der Waals surface area contributed by atoms with Crippen LogP contribution in [0.15, 0.2) is 16.5 Å². The Bertz CT molecular complexity index is 330. The first-order valence-corrected chi connectivity index (χ1v) is 5.03. The van der Waals surface area contributed by atoms with Gasteiger partial charge in [-0.15, -0.1) is 0 Å². The van der Waals surface area contributed by atoms with E-state index in [1.54, 1.807) is 19.1 Å². The van der Waals surface area contributed by atoms with E-state index in [4.69, 9.17) is 4.42 Å². The smallest absolute Gasteiger partial charge is 0.287 e. The molecule has 2 N–H and O–H groups in total. The molecule has 0 fully saturated rings. The predicted octanol–water partition coefficient (Wildman–Crippen LogP) is 1.33. The van der Waals surface area contributed by atoms with Crippen LogP contribution in [-0.4, -0.2) is 23.7 Å². The van der Waals surface area contributed by atoms with E-state index in [9.17, 15) is 9.90 Å². The number of hydrogen-bond acceptors (Lipinski definition) is 3. The molecule has 0 bridgehead atoms. The Morgan fingerprint density at radius 3 is 2.67 bits per heavy atom. The van der Waals surface area contributed by atoms with Crippen LogP contribution in [0, 0.1) is 12.8 Å². The number of furan rings is 1. The third kappa shape index (κ3) is 3.40. The summed E-state index contributed by atoms with van der Waals surface area (Å²) in [5.74, 6) is 0.819. The van der Waals surface area contributed by atoms with Crippen LogP contribution in [0.2, 0.25) is 0 Å². The monoisotopic (exact) mass is 211 g/mol. The number of rotatable bonds is 4. The summed E-state index contributed by atoms with van der Waals surface area (Å²) in [5, 5.41) is 12.1. The fourth-order valence-corrected chi connectivity index (χ4v) is 1.08. The van der Waals surface area contributed by atoms with Crippen molar-refractivity contribution in [2.45, 2.75) is 26.9 Å². The Kier molecular flexibility index (Phi) is 3.91. The molecule has 0 aromatic carbocycles. The largest absolute Gasteiger partial charge is 0.456 e. The SMILES string of the molecule is Cc1ccc(C(=O)NCC(O)C(C)C)o1. The molecule has 0 aliphatic heterocycles. The number of carbonyl (C=O) groups is 1. The fourth-order valence-electron chi connectivity index (χ4n) is 1.08. The third-order valence-electron chi connectivity index (χ3n) is 2.21. The average molecular weight is 211 g/mol. The third-order valence-corrected chi connectivity index (χ3v) is 2.21. The average Bonchev–Trinajstić information content (AvgIpc) is 2.60. The first kappa shape index (κ1) is 11.8. The summed E-state index contributed by atoms with van der Waals surface area (Å²) in [6.45, 7) is 5.82. The number of carbonyl (C=O) groups excluding carboxylic acids is 1. The first-order chi connectivity index (χ1) is 7.00. The van der Waals surface area contributed by atoms with Crippen molar-refractivity contribution in [3.05, 3.63) is 23.7 Å². The molecule has 4 heteroatoms. The highest BCUT2D eigenvalue weighted by atomic mass is 16.3. The number of amides is 1. The van der Waals surface area contributed by atoms with Crippen molar-refractivity contribution in [1.82, 2.24) is 5.32 Å². The normalized spacial score (nSPS) is 12.9. The predicted molar refractivity (Wildman–Crippen MR) is 56.6 cm³/mol. The van der Waals surface area contributed by atoms with Gasteiger partial charge in [0.05, 0.1) is 6.10 Å². The molecule has 1 aromatic heterocycles. The molecule has 0 aliphatic rings. The van der Waals surface area contributed by atoms with Crippen LogP contribution >= 0.6 is 0 Å². The van der Waals surface area contributed by atoms with E-state index < -0.39 is 6.10 Å². The van der Waals surface area contributed by atoms with Crippen molar-refractivity contribution in [2.75, 3.05) is 6.54 Å². The topological polar surface area (TPSA) is 62.5 Å². The molecule has 1 rings (SSSR count). The fraction of sp³-hybridized carbons (Fsp3) is 0.545. The summed E-state index contributed by atoms with van der Waals surface area (Å²) in [5.41, 5.74) is 0. The van der Waals surface area contributed by atoms with Crippen LogP contribution in [0.1, 0.15) is 30.2 Å². The lowest BCUT2D eigenvalue weighted by Crippen LogP contribution is -2.34. The molecule has 0 aliphatic carbocycles. The van der Waals surface area contributed by atoms with Gasteiger partial charge in [0.1, 0.15) is 5.76 Å². The number of aliphatic hydroxyl groups is 1. The molecule has 1 heterocycles. The molecule has 1 atom stereocenters. The van der Waals surface area contributed by atoms with Crippen molar-refractivity contribution in [3.63, 3.8) is 0 Å². The number of aliphatic hydroxyl groups excluding tert-OH is 1. The number of hydrogen-bond donors (Lipinski definition) is 2. The highest BCUT2D eigenvalue weighted by molar-refractivity contribution is 5.91. The molecule has 1 unspecified atom stereocenters. The molecule has 15 heavy (non-hydrogen) atoms. The van der Waals surface area contributed by atoms with Gasteiger partial charge >= 0.3 is 0 Å². The number of aryl methyl sites for hydroxylation is 1. The maximum Gasteiger partial charge on any atom is 0.287 e.